The topological polar surface area (TPSA) is 85.2 Å². The minimum absolute atomic E-state index is 0.0742. The SMILES string of the molecule is CCOC(=O)C1=CC2(CCC1SC1CCc3cccc(Cl)c31)O[C@@H](CO)[C@H](CO)O2. The van der Waals surface area contributed by atoms with Crippen LogP contribution >= 0.6 is 23.4 Å². The van der Waals surface area contributed by atoms with Gasteiger partial charge < -0.3 is 24.4 Å². The van der Waals surface area contributed by atoms with Gasteiger partial charge in [0.25, 0.3) is 0 Å². The van der Waals surface area contributed by atoms with E-state index >= 15 is 0 Å². The average Bonchev–Trinajstić information content (AvgIpc) is 3.31. The number of fused-ring (bicyclic) bond motifs is 1. The Hall–Kier alpha value is -1.09. The number of thioether (sulfide) groups is 1. The highest BCUT2D eigenvalue weighted by molar-refractivity contribution is 8.00. The quantitative estimate of drug-likeness (QED) is 0.638. The molecule has 0 aromatic heterocycles. The number of hydrogen-bond acceptors (Lipinski definition) is 7. The van der Waals surface area contributed by atoms with Crippen LogP contribution in [0.2, 0.25) is 5.02 Å². The number of aryl methyl sites for hydroxylation is 1. The molecule has 4 rings (SSSR count). The summed E-state index contributed by atoms with van der Waals surface area (Å²) in [5.74, 6) is -1.50. The molecule has 6 nitrogen and oxygen atoms in total. The van der Waals surface area contributed by atoms with Crippen LogP contribution in [0.1, 0.15) is 42.6 Å². The second-order valence-electron chi connectivity index (χ2n) is 7.81. The molecule has 0 radical (unpaired) electrons. The van der Waals surface area contributed by atoms with Crippen molar-refractivity contribution < 1.29 is 29.2 Å². The Kier molecular flexibility index (Phi) is 6.77. The minimum Gasteiger partial charge on any atom is -0.463 e. The number of benzene rings is 1. The molecule has 8 heteroatoms. The predicted octanol–water partition coefficient (Wildman–Crippen LogP) is 3.18. The van der Waals surface area contributed by atoms with Crippen molar-refractivity contribution in [2.75, 3.05) is 19.8 Å². The first-order valence-corrected chi connectivity index (χ1v) is 11.7. The van der Waals surface area contributed by atoms with Gasteiger partial charge in [-0.25, -0.2) is 4.79 Å². The first-order chi connectivity index (χ1) is 14.5. The molecular formula is C22H27ClO6S. The second kappa shape index (κ2) is 9.18. The maximum atomic E-state index is 12.8. The van der Waals surface area contributed by atoms with Crippen LogP contribution in [-0.4, -0.2) is 59.2 Å². The minimum atomic E-state index is -1.12. The molecule has 1 saturated heterocycles. The molecule has 0 bridgehead atoms. The summed E-state index contributed by atoms with van der Waals surface area (Å²) in [6.45, 7) is 1.54. The van der Waals surface area contributed by atoms with E-state index in [4.69, 9.17) is 25.8 Å². The fourth-order valence-electron chi connectivity index (χ4n) is 4.55. The highest BCUT2D eigenvalue weighted by Crippen LogP contribution is 2.51. The van der Waals surface area contributed by atoms with E-state index in [0.717, 1.165) is 17.9 Å². The van der Waals surface area contributed by atoms with Gasteiger partial charge in [-0.05, 0) is 49.5 Å². The molecular weight excluding hydrogens is 428 g/mol. The molecule has 1 aromatic rings. The van der Waals surface area contributed by atoms with Crippen molar-refractivity contribution in [1.29, 1.82) is 0 Å². The van der Waals surface area contributed by atoms with Gasteiger partial charge in [-0.15, -0.1) is 11.8 Å². The fraction of sp³-hybridized carbons (Fsp3) is 0.591. The first kappa shape index (κ1) is 22.1. The van der Waals surface area contributed by atoms with Gasteiger partial charge >= 0.3 is 5.97 Å². The fourth-order valence-corrected chi connectivity index (χ4v) is 6.57. The standard InChI is InChI=1S/C22H27ClO6S/c1-2-27-21(26)14-10-22(28-16(11-24)17(12-25)29-22)9-8-18(14)30-19-7-6-13-4-3-5-15(23)20(13)19/h3-5,10,16-19,24-25H,2,6-9,11-12H2,1H3/t16-,17-,18?,19?/m0/s1. The highest BCUT2D eigenvalue weighted by atomic mass is 35.5. The lowest BCUT2D eigenvalue weighted by Crippen LogP contribution is -2.37. The van der Waals surface area contributed by atoms with Crippen molar-refractivity contribution in [2.45, 2.75) is 61.1 Å². The van der Waals surface area contributed by atoms with Crippen molar-refractivity contribution in [1.82, 2.24) is 0 Å². The number of carbonyl (C=O) groups excluding carboxylic acids is 1. The number of aliphatic hydroxyl groups excluding tert-OH is 2. The monoisotopic (exact) mass is 454 g/mol. The van der Waals surface area contributed by atoms with E-state index in [2.05, 4.69) is 6.07 Å². The second-order valence-corrected chi connectivity index (χ2v) is 9.63. The van der Waals surface area contributed by atoms with E-state index in [0.29, 0.717) is 18.4 Å². The predicted molar refractivity (Wildman–Crippen MR) is 114 cm³/mol. The van der Waals surface area contributed by atoms with Crippen molar-refractivity contribution >= 4 is 29.3 Å². The number of carbonyl (C=O) groups is 1. The molecule has 0 saturated carbocycles. The zero-order valence-electron chi connectivity index (χ0n) is 16.9. The maximum Gasteiger partial charge on any atom is 0.335 e. The molecule has 4 atom stereocenters. The molecule has 3 aliphatic rings. The lowest BCUT2D eigenvalue weighted by atomic mass is 9.94. The van der Waals surface area contributed by atoms with Crippen LogP contribution in [0.25, 0.3) is 0 Å². The van der Waals surface area contributed by atoms with E-state index < -0.39 is 18.0 Å². The number of esters is 1. The zero-order valence-corrected chi connectivity index (χ0v) is 18.5. The van der Waals surface area contributed by atoms with Gasteiger partial charge in [-0.3, -0.25) is 0 Å². The zero-order chi connectivity index (χ0) is 21.3. The van der Waals surface area contributed by atoms with Crippen LogP contribution < -0.4 is 0 Å². The van der Waals surface area contributed by atoms with Crippen LogP contribution in [0.3, 0.4) is 0 Å². The van der Waals surface area contributed by atoms with Crippen LogP contribution in [0.4, 0.5) is 0 Å². The normalized spacial score (nSPS) is 29.7. The third-order valence-electron chi connectivity index (χ3n) is 5.93. The van der Waals surface area contributed by atoms with E-state index in [1.165, 1.54) is 11.1 Å². The van der Waals surface area contributed by atoms with Gasteiger partial charge in [-0.2, -0.15) is 0 Å². The molecule has 2 aliphatic carbocycles. The lowest BCUT2D eigenvalue weighted by molar-refractivity contribution is -0.154. The van der Waals surface area contributed by atoms with Gasteiger partial charge in [0.1, 0.15) is 12.2 Å². The molecule has 1 spiro atoms. The Labute approximate surface area is 185 Å². The van der Waals surface area contributed by atoms with Crippen molar-refractivity contribution in [3.05, 3.63) is 46.0 Å². The summed E-state index contributed by atoms with van der Waals surface area (Å²) < 4.78 is 17.2. The van der Waals surface area contributed by atoms with Gasteiger partial charge in [0, 0.05) is 21.9 Å². The van der Waals surface area contributed by atoms with E-state index in [1.807, 2.05) is 12.1 Å². The number of hydrogen-bond donors (Lipinski definition) is 2. The van der Waals surface area contributed by atoms with Gasteiger partial charge in [-0.1, -0.05) is 23.7 Å². The van der Waals surface area contributed by atoms with Crippen LogP contribution in [0, 0.1) is 0 Å². The number of halogens is 1. The number of rotatable bonds is 6. The molecule has 1 heterocycles. The van der Waals surface area contributed by atoms with E-state index in [1.54, 1.807) is 24.8 Å². The Balaban J connectivity index is 1.60. The van der Waals surface area contributed by atoms with E-state index in [-0.39, 0.29) is 36.3 Å². The van der Waals surface area contributed by atoms with Crippen LogP contribution in [-0.2, 0) is 25.4 Å². The highest BCUT2D eigenvalue weighted by Gasteiger charge is 2.49. The Bertz CT molecular complexity index is 816. The summed E-state index contributed by atoms with van der Waals surface area (Å²) in [6, 6.07) is 6.01. The summed E-state index contributed by atoms with van der Waals surface area (Å²) in [7, 11) is 0. The molecule has 1 aliphatic heterocycles. The summed E-state index contributed by atoms with van der Waals surface area (Å²) in [4.78, 5) is 12.8. The van der Waals surface area contributed by atoms with E-state index in [9.17, 15) is 15.0 Å². The molecule has 164 valence electrons. The van der Waals surface area contributed by atoms with Crippen molar-refractivity contribution in [2.24, 2.45) is 0 Å². The number of aliphatic hydroxyl groups is 2. The van der Waals surface area contributed by atoms with Crippen LogP contribution in [0.5, 0.6) is 0 Å². The molecule has 1 fully saturated rings. The van der Waals surface area contributed by atoms with Crippen molar-refractivity contribution in [3.63, 3.8) is 0 Å². The molecule has 2 N–H and O–H groups in total. The Morgan fingerprint density at radius 2 is 1.97 bits per heavy atom. The summed E-state index contributed by atoms with van der Waals surface area (Å²) in [5.41, 5.74) is 2.96. The summed E-state index contributed by atoms with van der Waals surface area (Å²) in [5, 5.41) is 20.0. The summed E-state index contributed by atoms with van der Waals surface area (Å²) in [6.07, 6.45) is 3.59. The first-order valence-electron chi connectivity index (χ1n) is 10.4. The smallest absolute Gasteiger partial charge is 0.335 e. The molecule has 0 amide bonds. The number of ether oxygens (including phenoxy) is 3. The maximum absolute atomic E-state index is 12.8. The third-order valence-corrected chi connectivity index (χ3v) is 7.88. The Morgan fingerprint density at radius 1 is 1.23 bits per heavy atom. The molecule has 2 unspecified atom stereocenters. The lowest BCUT2D eigenvalue weighted by Gasteiger charge is -2.34. The third kappa shape index (κ3) is 4.16. The summed E-state index contributed by atoms with van der Waals surface area (Å²) >= 11 is 8.23. The van der Waals surface area contributed by atoms with Gasteiger partial charge in [0.05, 0.1) is 25.4 Å². The molecule has 30 heavy (non-hydrogen) atoms. The van der Waals surface area contributed by atoms with Gasteiger partial charge in [0.15, 0.2) is 5.79 Å². The Morgan fingerprint density at radius 3 is 2.63 bits per heavy atom. The molecule has 1 aromatic carbocycles. The van der Waals surface area contributed by atoms with Gasteiger partial charge in [0.2, 0.25) is 0 Å². The van der Waals surface area contributed by atoms with Crippen LogP contribution in [0.15, 0.2) is 29.8 Å². The average molecular weight is 455 g/mol. The van der Waals surface area contributed by atoms with Crippen molar-refractivity contribution in [3.8, 4) is 0 Å². The largest absolute Gasteiger partial charge is 0.463 e.